The molecule has 4 nitrogen and oxygen atoms in total. The fourth-order valence-corrected chi connectivity index (χ4v) is 3.17. The largest absolute Gasteiger partial charge is 0.497 e. The highest BCUT2D eigenvalue weighted by Crippen LogP contribution is 2.20. The second kappa shape index (κ2) is 8.92. The van der Waals surface area contributed by atoms with Crippen LogP contribution in [0.3, 0.4) is 0 Å². The molecule has 1 aromatic carbocycles. The van der Waals surface area contributed by atoms with E-state index in [-0.39, 0.29) is 5.91 Å². The van der Waals surface area contributed by atoms with E-state index < -0.39 is 0 Å². The zero-order valence-corrected chi connectivity index (χ0v) is 14.8. The van der Waals surface area contributed by atoms with Crippen LogP contribution in [0.4, 0.5) is 0 Å². The Morgan fingerprint density at radius 2 is 2.00 bits per heavy atom. The molecule has 1 heterocycles. The van der Waals surface area contributed by atoms with Crippen molar-refractivity contribution in [3.05, 3.63) is 29.8 Å². The Kier molecular flexibility index (Phi) is 6.90. The summed E-state index contributed by atoms with van der Waals surface area (Å²) in [5.74, 6) is 1.14. The number of ether oxygens (including phenoxy) is 1. The lowest BCUT2D eigenvalue weighted by molar-refractivity contribution is -0.131. The first-order chi connectivity index (χ1) is 11.1. The number of amides is 1. The lowest BCUT2D eigenvalue weighted by Gasteiger charge is -2.27. The Hall–Kier alpha value is -1.55. The third kappa shape index (κ3) is 5.24. The Balaban J connectivity index is 1.91. The number of methoxy groups -OCH3 is 1. The smallest absolute Gasteiger partial charge is 0.222 e. The first-order valence-corrected chi connectivity index (χ1v) is 8.75. The normalized spacial score (nSPS) is 19.0. The lowest BCUT2D eigenvalue weighted by Crippen LogP contribution is -2.34. The summed E-state index contributed by atoms with van der Waals surface area (Å²) in [6.07, 6.45) is 5.17. The van der Waals surface area contributed by atoms with Crippen LogP contribution in [0.15, 0.2) is 24.3 Å². The average Bonchev–Trinajstić information content (AvgIpc) is 2.76. The maximum absolute atomic E-state index is 12.4. The molecular formula is C19H30N2O2. The van der Waals surface area contributed by atoms with Crippen molar-refractivity contribution in [3.8, 4) is 5.75 Å². The van der Waals surface area contributed by atoms with Crippen molar-refractivity contribution >= 4 is 5.91 Å². The molecule has 128 valence electrons. The van der Waals surface area contributed by atoms with Crippen molar-refractivity contribution in [2.45, 2.75) is 51.6 Å². The zero-order chi connectivity index (χ0) is 16.7. The number of benzene rings is 1. The van der Waals surface area contributed by atoms with Gasteiger partial charge in [-0.05, 0) is 50.6 Å². The molecule has 0 saturated carbocycles. The van der Waals surface area contributed by atoms with E-state index in [1.54, 1.807) is 7.11 Å². The van der Waals surface area contributed by atoms with Crippen LogP contribution in [-0.4, -0.2) is 49.0 Å². The second-order valence-electron chi connectivity index (χ2n) is 6.48. The van der Waals surface area contributed by atoms with Crippen LogP contribution >= 0.6 is 0 Å². The highest BCUT2D eigenvalue weighted by Gasteiger charge is 2.24. The lowest BCUT2D eigenvalue weighted by atomic mass is 10.1. The van der Waals surface area contributed by atoms with E-state index in [1.165, 1.54) is 12.8 Å². The maximum atomic E-state index is 12.4. The summed E-state index contributed by atoms with van der Waals surface area (Å²) >= 11 is 0. The summed E-state index contributed by atoms with van der Waals surface area (Å²) in [5.41, 5.74) is 1.16. The zero-order valence-electron chi connectivity index (χ0n) is 14.8. The monoisotopic (exact) mass is 318 g/mol. The molecule has 1 atom stereocenters. The molecule has 0 aliphatic carbocycles. The van der Waals surface area contributed by atoms with E-state index in [0.29, 0.717) is 19.0 Å². The molecule has 1 aromatic rings. The van der Waals surface area contributed by atoms with E-state index in [2.05, 4.69) is 18.9 Å². The van der Waals surface area contributed by atoms with Gasteiger partial charge in [0.25, 0.3) is 0 Å². The summed E-state index contributed by atoms with van der Waals surface area (Å²) in [4.78, 5) is 16.9. The number of likely N-dealkylation sites (tertiary alicyclic amines) is 1. The topological polar surface area (TPSA) is 32.8 Å². The maximum Gasteiger partial charge on any atom is 0.222 e. The van der Waals surface area contributed by atoms with Gasteiger partial charge in [0.1, 0.15) is 5.75 Å². The van der Waals surface area contributed by atoms with Crippen molar-refractivity contribution in [1.82, 2.24) is 9.80 Å². The third-order valence-corrected chi connectivity index (χ3v) is 4.80. The molecule has 0 unspecified atom stereocenters. The summed E-state index contributed by atoms with van der Waals surface area (Å²) in [6.45, 7) is 4.91. The first kappa shape index (κ1) is 17.8. The highest BCUT2D eigenvalue weighted by atomic mass is 16.5. The van der Waals surface area contributed by atoms with Gasteiger partial charge in [0.2, 0.25) is 5.91 Å². The highest BCUT2D eigenvalue weighted by molar-refractivity contribution is 5.76. The van der Waals surface area contributed by atoms with Crippen LogP contribution in [0.5, 0.6) is 5.75 Å². The van der Waals surface area contributed by atoms with Crippen molar-refractivity contribution < 1.29 is 9.53 Å². The minimum absolute atomic E-state index is 0.284. The van der Waals surface area contributed by atoms with Crippen LogP contribution in [0.2, 0.25) is 0 Å². The average molecular weight is 318 g/mol. The van der Waals surface area contributed by atoms with Crippen LogP contribution in [0.1, 0.15) is 44.6 Å². The molecule has 1 fully saturated rings. The van der Waals surface area contributed by atoms with Crippen molar-refractivity contribution in [2.24, 2.45) is 0 Å². The molecule has 1 amide bonds. The van der Waals surface area contributed by atoms with Crippen LogP contribution in [0, 0.1) is 0 Å². The number of carbonyl (C=O) groups excluding carboxylic acids is 1. The number of hydrogen-bond acceptors (Lipinski definition) is 3. The quantitative estimate of drug-likeness (QED) is 0.773. The minimum Gasteiger partial charge on any atom is -0.497 e. The van der Waals surface area contributed by atoms with Gasteiger partial charge in [0.05, 0.1) is 7.11 Å². The predicted octanol–water partition coefficient (Wildman–Crippen LogP) is 3.31. The molecule has 0 spiro atoms. The van der Waals surface area contributed by atoms with Crippen LogP contribution in [-0.2, 0) is 11.3 Å². The van der Waals surface area contributed by atoms with Crippen molar-refractivity contribution in [2.75, 3.05) is 27.2 Å². The van der Waals surface area contributed by atoms with Gasteiger partial charge in [0, 0.05) is 25.6 Å². The first-order valence-electron chi connectivity index (χ1n) is 8.75. The number of carbonyl (C=O) groups is 1. The second-order valence-corrected chi connectivity index (χ2v) is 6.48. The molecule has 0 aromatic heterocycles. The third-order valence-electron chi connectivity index (χ3n) is 4.80. The molecular weight excluding hydrogens is 288 g/mol. The van der Waals surface area contributed by atoms with Gasteiger partial charge < -0.3 is 14.5 Å². The Morgan fingerprint density at radius 1 is 1.26 bits per heavy atom. The van der Waals surface area contributed by atoms with E-state index in [9.17, 15) is 4.79 Å². The summed E-state index contributed by atoms with van der Waals surface area (Å²) in [6, 6.07) is 8.54. The molecule has 4 heteroatoms. The number of unbranched alkanes of at least 4 members (excludes halogenated alkanes) is 1. The fourth-order valence-electron chi connectivity index (χ4n) is 3.17. The Bertz CT molecular complexity index is 487. The summed E-state index contributed by atoms with van der Waals surface area (Å²) in [5, 5.41) is 0. The van der Waals surface area contributed by atoms with Gasteiger partial charge in [0.15, 0.2) is 0 Å². The van der Waals surface area contributed by atoms with Crippen molar-refractivity contribution in [3.63, 3.8) is 0 Å². The number of nitrogens with zero attached hydrogens (tertiary/aromatic N) is 2. The summed E-state index contributed by atoms with van der Waals surface area (Å²) in [7, 11) is 3.87. The fraction of sp³-hybridized carbons (Fsp3) is 0.632. The Morgan fingerprint density at radius 3 is 2.65 bits per heavy atom. The van der Waals surface area contributed by atoms with Gasteiger partial charge in [-0.25, -0.2) is 0 Å². The molecule has 1 aliphatic heterocycles. The molecule has 1 saturated heterocycles. The molecule has 0 radical (unpaired) electrons. The van der Waals surface area contributed by atoms with E-state index >= 15 is 0 Å². The van der Waals surface area contributed by atoms with Crippen LogP contribution in [0.25, 0.3) is 0 Å². The SMILES string of the molecule is CCCCN(C)[C@@H]1CCC(=O)N(Cc2ccc(OC)cc2)CC1. The van der Waals surface area contributed by atoms with Gasteiger partial charge in [-0.2, -0.15) is 0 Å². The standard InChI is InChI=1S/C19H30N2O2/c1-4-5-13-20(2)17-8-11-19(22)21(14-12-17)15-16-6-9-18(23-3)10-7-16/h6-7,9-10,17H,4-5,8,11-15H2,1-3H3/t17-/m1/s1. The molecule has 2 rings (SSSR count). The van der Waals surface area contributed by atoms with Crippen molar-refractivity contribution in [1.29, 1.82) is 0 Å². The predicted molar refractivity (Wildman–Crippen MR) is 93.6 cm³/mol. The van der Waals surface area contributed by atoms with Gasteiger partial charge in [-0.1, -0.05) is 25.5 Å². The Labute approximate surface area is 140 Å². The molecule has 0 N–H and O–H groups in total. The van der Waals surface area contributed by atoms with Gasteiger partial charge in [-0.3, -0.25) is 4.79 Å². The van der Waals surface area contributed by atoms with E-state index in [0.717, 1.165) is 37.2 Å². The van der Waals surface area contributed by atoms with E-state index in [4.69, 9.17) is 4.74 Å². The molecule has 23 heavy (non-hydrogen) atoms. The molecule has 1 aliphatic rings. The van der Waals surface area contributed by atoms with Crippen LogP contribution < -0.4 is 4.74 Å². The van der Waals surface area contributed by atoms with E-state index in [1.807, 2.05) is 29.2 Å². The summed E-state index contributed by atoms with van der Waals surface area (Å²) < 4.78 is 5.19. The number of rotatable bonds is 7. The molecule has 0 bridgehead atoms. The van der Waals surface area contributed by atoms with Gasteiger partial charge >= 0.3 is 0 Å². The van der Waals surface area contributed by atoms with Gasteiger partial charge in [-0.15, -0.1) is 0 Å². The number of hydrogen-bond donors (Lipinski definition) is 0. The minimum atomic E-state index is 0.284.